The topological polar surface area (TPSA) is 81.2 Å². The Morgan fingerprint density at radius 1 is 1.13 bits per heavy atom. The lowest BCUT2D eigenvalue weighted by Gasteiger charge is -2.31. The van der Waals surface area contributed by atoms with Crippen molar-refractivity contribution in [1.82, 2.24) is 9.88 Å². The molecule has 0 N–H and O–H groups in total. The Kier molecular flexibility index (Phi) is 9.37. The summed E-state index contributed by atoms with van der Waals surface area (Å²) in [7, 11) is 0. The molecule has 1 atom stereocenters. The molecule has 1 aliphatic heterocycles. The van der Waals surface area contributed by atoms with Crippen molar-refractivity contribution in [3.05, 3.63) is 59.8 Å². The van der Waals surface area contributed by atoms with Crippen molar-refractivity contribution in [1.29, 1.82) is 0 Å². The van der Waals surface area contributed by atoms with E-state index in [1.54, 1.807) is 64.2 Å². The minimum Gasteiger partial charge on any atom is -0.463 e. The lowest BCUT2D eigenvalue weighted by Crippen LogP contribution is -2.45. The molecule has 0 bridgehead atoms. The lowest BCUT2D eigenvalue weighted by atomic mass is 10.2. The van der Waals surface area contributed by atoms with Gasteiger partial charge < -0.3 is 14.2 Å². The Bertz CT molecular complexity index is 1110. The quantitative estimate of drug-likeness (QED) is 0.323. The van der Waals surface area contributed by atoms with Crippen LogP contribution in [0.2, 0.25) is 0 Å². The molecule has 2 heterocycles. The largest absolute Gasteiger partial charge is 0.573 e. The molecule has 38 heavy (non-hydrogen) atoms. The van der Waals surface area contributed by atoms with Crippen LogP contribution in [-0.4, -0.2) is 59.6 Å². The maximum absolute atomic E-state index is 13.2. The number of pyridine rings is 1. The van der Waals surface area contributed by atoms with Gasteiger partial charge in [-0.05, 0) is 75.6 Å². The Morgan fingerprint density at radius 3 is 2.42 bits per heavy atom. The third kappa shape index (κ3) is 9.05. The zero-order valence-corrected chi connectivity index (χ0v) is 21.8. The van der Waals surface area contributed by atoms with Crippen molar-refractivity contribution in [2.24, 2.45) is 0 Å². The fourth-order valence-electron chi connectivity index (χ4n) is 3.96. The molecular formula is C27H32F3N3O5. The molecule has 0 saturated carbocycles. The summed E-state index contributed by atoms with van der Waals surface area (Å²) < 4.78 is 51.7. The second-order valence-corrected chi connectivity index (χ2v) is 9.75. The van der Waals surface area contributed by atoms with Crippen LogP contribution in [-0.2, 0) is 20.8 Å². The standard InChI is InChI=1S/C27H32F3N3O5/c1-5-36-24(34)13-9-19-8-12-23(31-16-19)33(25(35)38-26(2,3)4)21-14-15-32(18-21)17-20-6-10-22(11-7-20)37-27(28,29)30/h6-13,16,21H,5,14-15,17-18H2,1-4H3/b13-9+/t21-/m1/s1. The van der Waals surface area contributed by atoms with Crippen LogP contribution in [0, 0.1) is 0 Å². The second-order valence-electron chi connectivity index (χ2n) is 9.75. The SMILES string of the molecule is CCOC(=O)/C=C/c1ccc(N(C(=O)OC(C)(C)C)[C@@H]2CCN(Cc3ccc(OC(F)(F)F)cc3)C2)nc1. The number of carbonyl (C=O) groups is 2. The van der Waals surface area contributed by atoms with Crippen LogP contribution in [0.3, 0.4) is 0 Å². The van der Waals surface area contributed by atoms with Crippen molar-refractivity contribution in [2.45, 2.75) is 58.7 Å². The lowest BCUT2D eigenvalue weighted by molar-refractivity contribution is -0.274. The first-order chi connectivity index (χ1) is 17.8. The number of anilines is 1. The molecular weight excluding hydrogens is 503 g/mol. The highest BCUT2D eigenvalue weighted by Crippen LogP contribution is 2.27. The summed E-state index contributed by atoms with van der Waals surface area (Å²) in [6.07, 6.45) is -0.170. The van der Waals surface area contributed by atoms with Crippen LogP contribution < -0.4 is 9.64 Å². The Morgan fingerprint density at radius 2 is 1.84 bits per heavy atom. The molecule has 0 spiro atoms. The average molecular weight is 536 g/mol. The van der Waals surface area contributed by atoms with Gasteiger partial charge in [0.1, 0.15) is 17.2 Å². The van der Waals surface area contributed by atoms with Crippen molar-refractivity contribution in [3.8, 4) is 5.75 Å². The molecule has 3 rings (SSSR count). The molecule has 0 aliphatic carbocycles. The van der Waals surface area contributed by atoms with Gasteiger partial charge in [0.25, 0.3) is 0 Å². The van der Waals surface area contributed by atoms with Gasteiger partial charge in [-0.2, -0.15) is 0 Å². The van der Waals surface area contributed by atoms with Gasteiger partial charge >= 0.3 is 18.4 Å². The average Bonchev–Trinajstić information content (AvgIpc) is 3.26. The van der Waals surface area contributed by atoms with E-state index in [4.69, 9.17) is 9.47 Å². The summed E-state index contributed by atoms with van der Waals surface area (Å²) in [5.41, 5.74) is 0.771. The maximum atomic E-state index is 13.2. The fourth-order valence-corrected chi connectivity index (χ4v) is 3.96. The molecule has 2 aromatic rings. The van der Waals surface area contributed by atoms with Crippen molar-refractivity contribution in [3.63, 3.8) is 0 Å². The summed E-state index contributed by atoms with van der Waals surface area (Å²) in [5.74, 6) is -0.322. The van der Waals surface area contributed by atoms with E-state index >= 15 is 0 Å². The molecule has 0 unspecified atom stereocenters. The van der Waals surface area contributed by atoms with E-state index in [0.717, 1.165) is 5.56 Å². The number of aromatic nitrogens is 1. The van der Waals surface area contributed by atoms with Crippen molar-refractivity contribution < 1.29 is 37.0 Å². The predicted octanol–water partition coefficient (Wildman–Crippen LogP) is 5.57. The summed E-state index contributed by atoms with van der Waals surface area (Å²) >= 11 is 0. The van der Waals surface area contributed by atoms with Crippen LogP contribution in [0.15, 0.2) is 48.7 Å². The number of esters is 1. The molecule has 1 aliphatic rings. The van der Waals surface area contributed by atoms with Crippen LogP contribution in [0.4, 0.5) is 23.8 Å². The number of likely N-dealkylation sites (tertiary alicyclic amines) is 1. The van der Waals surface area contributed by atoms with E-state index in [9.17, 15) is 22.8 Å². The highest BCUT2D eigenvalue weighted by molar-refractivity contribution is 5.88. The minimum atomic E-state index is -4.74. The van der Waals surface area contributed by atoms with Gasteiger partial charge in [-0.15, -0.1) is 13.2 Å². The first-order valence-corrected chi connectivity index (χ1v) is 12.2. The number of nitrogens with zero attached hydrogens (tertiary/aromatic N) is 3. The van der Waals surface area contributed by atoms with Gasteiger partial charge in [0.2, 0.25) is 0 Å². The molecule has 1 saturated heterocycles. The fraction of sp³-hybridized carbons (Fsp3) is 0.444. The van der Waals surface area contributed by atoms with Crippen molar-refractivity contribution >= 4 is 24.0 Å². The smallest absolute Gasteiger partial charge is 0.463 e. The van der Waals surface area contributed by atoms with E-state index in [-0.39, 0.29) is 18.4 Å². The molecule has 206 valence electrons. The summed E-state index contributed by atoms with van der Waals surface area (Å²) in [5, 5.41) is 0. The van der Waals surface area contributed by atoms with E-state index in [1.807, 2.05) is 0 Å². The number of rotatable bonds is 8. The number of hydrogen-bond acceptors (Lipinski definition) is 7. The first kappa shape index (κ1) is 29.0. The first-order valence-electron chi connectivity index (χ1n) is 12.2. The molecule has 0 radical (unpaired) electrons. The molecule has 1 fully saturated rings. The minimum absolute atomic E-state index is 0.230. The van der Waals surface area contributed by atoms with Crippen molar-refractivity contribution in [2.75, 3.05) is 24.6 Å². The van der Waals surface area contributed by atoms with E-state index in [0.29, 0.717) is 37.4 Å². The Hall–Kier alpha value is -3.60. The van der Waals surface area contributed by atoms with Gasteiger partial charge in [0.05, 0.1) is 12.6 Å². The summed E-state index contributed by atoms with van der Waals surface area (Å²) in [4.78, 5) is 32.9. The molecule has 1 amide bonds. The van der Waals surface area contributed by atoms with E-state index in [2.05, 4.69) is 14.6 Å². The van der Waals surface area contributed by atoms with Crippen LogP contribution in [0.5, 0.6) is 5.75 Å². The monoisotopic (exact) mass is 535 g/mol. The zero-order chi connectivity index (χ0) is 27.9. The number of amides is 1. The van der Waals surface area contributed by atoms with Gasteiger partial charge in [0, 0.05) is 31.9 Å². The molecule has 8 nitrogen and oxygen atoms in total. The predicted molar refractivity (Wildman–Crippen MR) is 135 cm³/mol. The number of benzene rings is 1. The summed E-state index contributed by atoms with van der Waals surface area (Å²) in [6.45, 7) is 9.04. The van der Waals surface area contributed by atoms with E-state index < -0.39 is 24.0 Å². The third-order valence-electron chi connectivity index (χ3n) is 5.48. The van der Waals surface area contributed by atoms with Gasteiger partial charge in [-0.1, -0.05) is 12.1 Å². The third-order valence-corrected chi connectivity index (χ3v) is 5.48. The number of carbonyl (C=O) groups excluding carboxylic acids is 2. The number of hydrogen-bond donors (Lipinski definition) is 0. The molecule has 1 aromatic carbocycles. The van der Waals surface area contributed by atoms with E-state index in [1.165, 1.54) is 23.1 Å². The van der Waals surface area contributed by atoms with Gasteiger partial charge in [0.15, 0.2) is 0 Å². The maximum Gasteiger partial charge on any atom is 0.573 e. The zero-order valence-electron chi connectivity index (χ0n) is 21.8. The molecule has 1 aromatic heterocycles. The number of alkyl halides is 3. The van der Waals surface area contributed by atoms with Crippen LogP contribution >= 0.6 is 0 Å². The second kappa shape index (κ2) is 12.3. The van der Waals surface area contributed by atoms with Crippen LogP contribution in [0.25, 0.3) is 6.08 Å². The normalized spacial score (nSPS) is 16.4. The Labute approximate surface area is 220 Å². The molecule has 11 heteroatoms. The summed E-state index contributed by atoms with van der Waals surface area (Å²) in [6, 6.07) is 8.94. The highest BCUT2D eigenvalue weighted by atomic mass is 19.4. The Balaban J connectivity index is 1.72. The van der Waals surface area contributed by atoms with Gasteiger partial charge in [-0.25, -0.2) is 14.6 Å². The number of halogens is 3. The highest BCUT2D eigenvalue weighted by Gasteiger charge is 2.35. The van der Waals surface area contributed by atoms with Gasteiger partial charge in [-0.3, -0.25) is 9.80 Å². The van der Waals surface area contributed by atoms with Crippen LogP contribution in [0.1, 0.15) is 45.2 Å². The number of ether oxygens (including phenoxy) is 3.